The zero-order valence-corrected chi connectivity index (χ0v) is 12.0. The van der Waals surface area contributed by atoms with E-state index in [2.05, 4.69) is 16.6 Å². The Morgan fingerprint density at radius 1 is 1.15 bits per heavy atom. The first-order valence-corrected chi connectivity index (χ1v) is 7.79. The molecule has 2 rings (SSSR count). The summed E-state index contributed by atoms with van der Waals surface area (Å²) in [5.74, 6) is 0.00123. The molecule has 6 heteroatoms. The molecule has 106 valence electrons. The summed E-state index contributed by atoms with van der Waals surface area (Å²) >= 11 is 0. The molecule has 0 saturated heterocycles. The minimum atomic E-state index is -3.64. The van der Waals surface area contributed by atoms with Crippen LogP contribution >= 0.6 is 0 Å². The largest absolute Gasteiger partial charge is 0.383 e. The van der Waals surface area contributed by atoms with Gasteiger partial charge in [0.1, 0.15) is 10.7 Å². The van der Waals surface area contributed by atoms with E-state index >= 15 is 0 Å². The summed E-state index contributed by atoms with van der Waals surface area (Å²) in [6.45, 7) is 2.30. The zero-order chi connectivity index (χ0) is 14.6. The van der Waals surface area contributed by atoms with Crippen LogP contribution in [0.4, 0.5) is 5.82 Å². The van der Waals surface area contributed by atoms with E-state index in [1.54, 1.807) is 6.07 Å². The van der Waals surface area contributed by atoms with Crippen molar-refractivity contribution in [1.82, 2.24) is 9.71 Å². The molecule has 0 spiro atoms. The Bertz CT molecular complexity index is 682. The fourth-order valence-corrected chi connectivity index (χ4v) is 2.88. The van der Waals surface area contributed by atoms with Gasteiger partial charge in [-0.3, -0.25) is 0 Å². The molecule has 2 aromatic rings. The molecule has 1 aromatic heterocycles. The molecule has 0 atom stereocenters. The summed E-state index contributed by atoms with van der Waals surface area (Å²) in [4.78, 5) is 3.79. The van der Waals surface area contributed by atoms with E-state index < -0.39 is 10.0 Å². The molecule has 0 aliphatic heterocycles. The summed E-state index contributed by atoms with van der Waals surface area (Å²) < 4.78 is 26.8. The third-order valence-electron chi connectivity index (χ3n) is 2.99. The predicted octanol–water partition coefficient (Wildman–Crippen LogP) is 1.70. The number of nitrogen functional groups attached to an aromatic ring is 1. The Balaban J connectivity index is 2.11. The van der Waals surface area contributed by atoms with Crippen LogP contribution in [0.2, 0.25) is 0 Å². The summed E-state index contributed by atoms with van der Waals surface area (Å²) in [6.07, 6.45) is 2.41. The van der Waals surface area contributed by atoms with E-state index in [1.165, 1.54) is 17.8 Å². The molecule has 0 fully saturated rings. The maximum atomic E-state index is 12.1. The van der Waals surface area contributed by atoms with E-state index in [0.29, 0.717) is 0 Å². The minimum absolute atomic E-state index is 0.00123. The third-order valence-corrected chi connectivity index (χ3v) is 4.44. The number of aromatic nitrogens is 1. The van der Waals surface area contributed by atoms with Crippen molar-refractivity contribution >= 4 is 15.8 Å². The lowest BCUT2D eigenvalue weighted by Gasteiger charge is -2.08. The number of benzene rings is 1. The van der Waals surface area contributed by atoms with Gasteiger partial charge < -0.3 is 5.73 Å². The van der Waals surface area contributed by atoms with Crippen LogP contribution in [-0.2, 0) is 23.0 Å². The SMILES string of the molecule is CCc1ccc(CNS(=O)(=O)c2cccnc2N)cc1. The van der Waals surface area contributed by atoms with Gasteiger partial charge in [-0.15, -0.1) is 0 Å². The lowest BCUT2D eigenvalue weighted by molar-refractivity contribution is 0.581. The Kier molecular flexibility index (Phi) is 4.36. The molecule has 0 aliphatic rings. The molecule has 0 aliphatic carbocycles. The van der Waals surface area contributed by atoms with E-state index in [9.17, 15) is 8.42 Å². The van der Waals surface area contributed by atoms with Crippen LogP contribution in [0.3, 0.4) is 0 Å². The van der Waals surface area contributed by atoms with Gasteiger partial charge in [0.05, 0.1) is 0 Å². The van der Waals surface area contributed by atoms with Crippen LogP contribution in [0.25, 0.3) is 0 Å². The van der Waals surface area contributed by atoms with Crippen molar-refractivity contribution in [2.45, 2.75) is 24.8 Å². The highest BCUT2D eigenvalue weighted by Crippen LogP contribution is 2.15. The number of pyridine rings is 1. The van der Waals surface area contributed by atoms with E-state index in [4.69, 9.17) is 5.73 Å². The maximum Gasteiger partial charge on any atom is 0.244 e. The molecule has 0 unspecified atom stereocenters. The van der Waals surface area contributed by atoms with Gasteiger partial charge in [-0.25, -0.2) is 18.1 Å². The molecular formula is C14H17N3O2S. The van der Waals surface area contributed by atoms with Crippen molar-refractivity contribution in [1.29, 1.82) is 0 Å². The number of nitrogens with zero attached hydrogens (tertiary/aromatic N) is 1. The van der Waals surface area contributed by atoms with Crippen molar-refractivity contribution < 1.29 is 8.42 Å². The average molecular weight is 291 g/mol. The Morgan fingerprint density at radius 2 is 1.80 bits per heavy atom. The predicted molar refractivity (Wildman–Crippen MR) is 78.5 cm³/mol. The molecule has 0 bridgehead atoms. The van der Waals surface area contributed by atoms with Gasteiger partial charge in [0.15, 0.2) is 0 Å². The Labute approximate surface area is 118 Å². The van der Waals surface area contributed by atoms with Crippen LogP contribution in [0.5, 0.6) is 0 Å². The maximum absolute atomic E-state index is 12.1. The van der Waals surface area contributed by atoms with Gasteiger partial charge in [-0.05, 0) is 29.7 Å². The quantitative estimate of drug-likeness (QED) is 0.878. The average Bonchev–Trinajstić information content (AvgIpc) is 2.46. The zero-order valence-electron chi connectivity index (χ0n) is 11.2. The molecule has 0 radical (unpaired) electrons. The summed E-state index contributed by atoms with van der Waals surface area (Å²) in [7, 11) is -3.64. The molecule has 20 heavy (non-hydrogen) atoms. The second kappa shape index (κ2) is 6.02. The fourth-order valence-electron chi connectivity index (χ4n) is 1.78. The minimum Gasteiger partial charge on any atom is -0.383 e. The molecule has 0 amide bonds. The van der Waals surface area contributed by atoms with Crippen LogP contribution in [0.15, 0.2) is 47.5 Å². The highest BCUT2D eigenvalue weighted by atomic mass is 32.2. The molecule has 5 nitrogen and oxygen atoms in total. The van der Waals surface area contributed by atoms with Crippen molar-refractivity contribution in [2.75, 3.05) is 5.73 Å². The summed E-state index contributed by atoms with van der Waals surface area (Å²) in [5.41, 5.74) is 7.70. The lowest BCUT2D eigenvalue weighted by Crippen LogP contribution is -2.24. The van der Waals surface area contributed by atoms with Crippen molar-refractivity contribution in [3.05, 3.63) is 53.7 Å². The Hall–Kier alpha value is -1.92. The normalized spacial score (nSPS) is 11.4. The second-order valence-corrected chi connectivity index (χ2v) is 6.12. The number of hydrogen-bond acceptors (Lipinski definition) is 4. The first kappa shape index (κ1) is 14.5. The standard InChI is InChI=1S/C14H17N3O2S/c1-2-11-5-7-12(8-6-11)10-17-20(18,19)13-4-3-9-16-14(13)15/h3-9,17H,2,10H2,1H3,(H2,15,16). The van der Waals surface area contributed by atoms with Gasteiger partial charge in [0.2, 0.25) is 10.0 Å². The molecular weight excluding hydrogens is 274 g/mol. The van der Waals surface area contributed by atoms with Crippen LogP contribution in [-0.4, -0.2) is 13.4 Å². The monoisotopic (exact) mass is 291 g/mol. The van der Waals surface area contributed by atoms with Gasteiger partial charge in [0.25, 0.3) is 0 Å². The molecule has 1 aromatic carbocycles. The first-order valence-electron chi connectivity index (χ1n) is 6.31. The number of hydrogen-bond donors (Lipinski definition) is 2. The fraction of sp³-hybridized carbons (Fsp3) is 0.214. The van der Waals surface area contributed by atoms with Gasteiger partial charge in [-0.1, -0.05) is 31.2 Å². The van der Waals surface area contributed by atoms with Gasteiger partial charge in [0, 0.05) is 12.7 Å². The van der Waals surface area contributed by atoms with Crippen LogP contribution < -0.4 is 10.5 Å². The van der Waals surface area contributed by atoms with Crippen LogP contribution in [0.1, 0.15) is 18.1 Å². The van der Waals surface area contributed by atoms with Gasteiger partial charge in [-0.2, -0.15) is 0 Å². The summed E-state index contributed by atoms with van der Waals surface area (Å²) in [6, 6.07) is 10.8. The third kappa shape index (κ3) is 3.34. The lowest BCUT2D eigenvalue weighted by atomic mass is 10.1. The van der Waals surface area contributed by atoms with Crippen LogP contribution in [0, 0.1) is 0 Å². The first-order chi connectivity index (χ1) is 9.53. The molecule has 0 saturated carbocycles. The number of anilines is 1. The second-order valence-electron chi connectivity index (χ2n) is 4.38. The van der Waals surface area contributed by atoms with E-state index in [1.807, 2.05) is 24.3 Å². The number of sulfonamides is 1. The number of rotatable bonds is 5. The van der Waals surface area contributed by atoms with E-state index in [0.717, 1.165) is 12.0 Å². The van der Waals surface area contributed by atoms with Gasteiger partial charge >= 0.3 is 0 Å². The molecule has 1 heterocycles. The highest BCUT2D eigenvalue weighted by molar-refractivity contribution is 7.89. The van der Waals surface area contributed by atoms with E-state index in [-0.39, 0.29) is 17.3 Å². The van der Waals surface area contributed by atoms with Crippen molar-refractivity contribution in [2.24, 2.45) is 0 Å². The highest BCUT2D eigenvalue weighted by Gasteiger charge is 2.17. The summed E-state index contributed by atoms with van der Waals surface area (Å²) in [5, 5.41) is 0. The van der Waals surface area contributed by atoms with Crippen molar-refractivity contribution in [3.8, 4) is 0 Å². The Morgan fingerprint density at radius 3 is 2.40 bits per heavy atom. The number of aryl methyl sites for hydroxylation is 1. The smallest absolute Gasteiger partial charge is 0.244 e. The number of nitrogens with two attached hydrogens (primary N) is 1. The number of nitrogens with one attached hydrogen (secondary N) is 1. The molecule has 3 N–H and O–H groups in total. The van der Waals surface area contributed by atoms with Crippen molar-refractivity contribution in [3.63, 3.8) is 0 Å². The topological polar surface area (TPSA) is 85.1 Å².